The number of carbonyl (C=O) groups excluding carboxylic acids is 2. The molecule has 10 nitrogen and oxygen atoms in total. The van der Waals surface area contributed by atoms with Gasteiger partial charge < -0.3 is 14.2 Å². The van der Waals surface area contributed by atoms with Gasteiger partial charge in [-0.25, -0.2) is 10.2 Å². The van der Waals surface area contributed by atoms with E-state index in [-0.39, 0.29) is 29.4 Å². The molecule has 3 aromatic carbocycles. The van der Waals surface area contributed by atoms with Crippen molar-refractivity contribution in [1.82, 2.24) is 5.43 Å². The minimum Gasteiger partial charge on any atom is -0.490 e. The van der Waals surface area contributed by atoms with Gasteiger partial charge >= 0.3 is 5.97 Å². The van der Waals surface area contributed by atoms with Crippen LogP contribution in [0.15, 0.2) is 70.2 Å². The number of hydrogen-bond acceptors (Lipinski definition) is 8. The lowest BCUT2D eigenvalue weighted by Crippen LogP contribution is -2.24. The number of non-ortho nitro benzene ring substituents is 1. The molecule has 0 aliphatic heterocycles. The summed E-state index contributed by atoms with van der Waals surface area (Å²) in [5.41, 5.74) is 2.93. The van der Waals surface area contributed by atoms with Gasteiger partial charge in [-0.15, -0.1) is 0 Å². The largest absolute Gasteiger partial charge is 0.490 e. The van der Waals surface area contributed by atoms with Crippen molar-refractivity contribution < 1.29 is 28.7 Å². The van der Waals surface area contributed by atoms with Crippen LogP contribution in [0.1, 0.15) is 22.8 Å². The lowest BCUT2D eigenvalue weighted by molar-refractivity contribution is -0.384. The third-order valence-electron chi connectivity index (χ3n) is 4.44. The van der Waals surface area contributed by atoms with Crippen LogP contribution in [0.2, 0.25) is 5.02 Å². The fourth-order valence-electron chi connectivity index (χ4n) is 2.78. The Kier molecular flexibility index (Phi) is 9.37. The highest BCUT2D eigenvalue weighted by Gasteiger charge is 2.15. The zero-order valence-corrected chi connectivity index (χ0v) is 21.1. The smallest absolute Gasteiger partial charge is 0.343 e. The van der Waals surface area contributed by atoms with Gasteiger partial charge in [-0.05, 0) is 76.9 Å². The Morgan fingerprint density at radius 3 is 2.44 bits per heavy atom. The number of esters is 1. The Morgan fingerprint density at radius 1 is 1.06 bits per heavy atom. The molecule has 0 saturated carbocycles. The first-order valence-corrected chi connectivity index (χ1v) is 11.6. The second kappa shape index (κ2) is 12.7. The Labute approximate surface area is 219 Å². The number of benzene rings is 3. The van der Waals surface area contributed by atoms with E-state index in [4.69, 9.17) is 25.8 Å². The van der Waals surface area contributed by atoms with Gasteiger partial charge in [0.2, 0.25) is 0 Å². The second-order valence-corrected chi connectivity index (χ2v) is 8.28. The molecule has 0 radical (unpaired) electrons. The van der Waals surface area contributed by atoms with Crippen LogP contribution >= 0.6 is 27.5 Å². The minimum atomic E-state index is -0.702. The normalized spacial score (nSPS) is 10.6. The summed E-state index contributed by atoms with van der Waals surface area (Å²) in [7, 11) is 0. The molecule has 0 heterocycles. The standard InChI is InChI=1S/C24H19BrClN3O7/c1-2-34-22-11-15(13-27-28-23(30)14-35-20-10-6-17(26)12-19(20)25)3-9-21(22)36-24(31)16-4-7-18(8-5-16)29(32)33/h3-13H,2,14H2,1H3,(H,28,30)/b27-13+. The van der Waals surface area contributed by atoms with Gasteiger partial charge in [0.05, 0.1) is 27.8 Å². The minimum absolute atomic E-state index is 0.137. The average Bonchev–Trinajstić information content (AvgIpc) is 2.85. The first-order chi connectivity index (χ1) is 17.3. The number of ether oxygens (including phenoxy) is 3. The molecule has 186 valence electrons. The highest BCUT2D eigenvalue weighted by atomic mass is 79.9. The van der Waals surface area contributed by atoms with Crippen LogP contribution in [0.25, 0.3) is 0 Å². The number of nitro benzene ring substituents is 1. The molecule has 36 heavy (non-hydrogen) atoms. The Bertz CT molecular complexity index is 1300. The summed E-state index contributed by atoms with van der Waals surface area (Å²) in [4.78, 5) is 34.7. The van der Waals surface area contributed by atoms with E-state index in [1.165, 1.54) is 36.5 Å². The quantitative estimate of drug-likeness (QED) is 0.116. The molecule has 12 heteroatoms. The molecule has 0 saturated heterocycles. The Morgan fingerprint density at radius 2 is 1.78 bits per heavy atom. The summed E-state index contributed by atoms with van der Waals surface area (Å²) >= 11 is 9.18. The molecular formula is C24H19BrClN3O7. The average molecular weight is 577 g/mol. The van der Waals surface area contributed by atoms with E-state index in [1.807, 2.05) is 0 Å². The zero-order chi connectivity index (χ0) is 26.1. The van der Waals surface area contributed by atoms with E-state index in [1.54, 1.807) is 37.3 Å². The van der Waals surface area contributed by atoms with Gasteiger partial charge in [-0.1, -0.05) is 11.6 Å². The number of hydrazone groups is 1. The maximum absolute atomic E-state index is 12.4. The third-order valence-corrected chi connectivity index (χ3v) is 5.29. The highest BCUT2D eigenvalue weighted by molar-refractivity contribution is 9.10. The van der Waals surface area contributed by atoms with Gasteiger partial charge in [0, 0.05) is 17.2 Å². The van der Waals surface area contributed by atoms with Crippen molar-refractivity contribution in [3.8, 4) is 17.2 Å². The number of rotatable bonds is 10. The maximum atomic E-state index is 12.4. The van der Waals surface area contributed by atoms with Crippen LogP contribution in [0.4, 0.5) is 5.69 Å². The van der Waals surface area contributed by atoms with Crippen molar-refractivity contribution in [1.29, 1.82) is 0 Å². The summed E-state index contributed by atoms with van der Waals surface area (Å²) in [6.07, 6.45) is 1.39. The van der Waals surface area contributed by atoms with Gasteiger partial charge in [0.15, 0.2) is 18.1 Å². The first-order valence-electron chi connectivity index (χ1n) is 10.4. The molecule has 3 rings (SSSR count). The molecule has 0 aliphatic rings. The van der Waals surface area contributed by atoms with Crippen molar-refractivity contribution in [2.75, 3.05) is 13.2 Å². The summed E-state index contributed by atoms with van der Waals surface area (Å²) in [5.74, 6) is -0.292. The van der Waals surface area contributed by atoms with Gasteiger partial charge in [-0.3, -0.25) is 14.9 Å². The molecule has 0 fully saturated rings. The van der Waals surface area contributed by atoms with E-state index < -0.39 is 16.8 Å². The molecule has 0 aromatic heterocycles. The lowest BCUT2D eigenvalue weighted by atomic mass is 10.2. The Balaban J connectivity index is 1.60. The van der Waals surface area contributed by atoms with Crippen molar-refractivity contribution in [3.05, 3.63) is 91.4 Å². The van der Waals surface area contributed by atoms with Crippen LogP contribution in [0, 0.1) is 10.1 Å². The van der Waals surface area contributed by atoms with Crippen molar-refractivity contribution >= 4 is 51.3 Å². The number of halogens is 2. The molecule has 3 aromatic rings. The Hall–Kier alpha value is -3.96. The second-order valence-electron chi connectivity index (χ2n) is 6.99. The first kappa shape index (κ1) is 26.6. The molecule has 0 atom stereocenters. The molecule has 0 bridgehead atoms. The fourth-order valence-corrected chi connectivity index (χ4v) is 3.58. The van der Waals surface area contributed by atoms with Crippen LogP contribution in [-0.4, -0.2) is 36.2 Å². The highest BCUT2D eigenvalue weighted by Crippen LogP contribution is 2.29. The van der Waals surface area contributed by atoms with Crippen LogP contribution in [0.5, 0.6) is 17.2 Å². The monoisotopic (exact) mass is 575 g/mol. The summed E-state index contributed by atoms with van der Waals surface area (Å²) in [5, 5.41) is 15.2. The summed E-state index contributed by atoms with van der Waals surface area (Å²) in [6.45, 7) is 1.80. The SMILES string of the molecule is CCOc1cc(/C=N/NC(=O)COc2ccc(Cl)cc2Br)ccc1OC(=O)c1ccc([N+](=O)[O-])cc1. The van der Waals surface area contributed by atoms with Crippen molar-refractivity contribution in [3.63, 3.8) is 0 Å². The van der Waals surface area contributed by atoms with Crippen molar-refractivity contribution in [2.24, 2.45) is 5.10 Å². The lowest BCUT2D eigenvalue weighted by Gasteiger charge is -2.11. The van der Waals surface area contributed by atoms with Crippen LogP contribution < -0.4 is 19.6 Å². The number of nitrogens with one attached hydrogen (secondary N) is 1. The van der Waals surface area contributed by atoms with E-state index in [9.17, 15) is 19.7 Å². The number of nitro groups is 1. The molecule has 0 unspecified atom stereocenters. The molecule has 0 spiro atoms. The van der Waals surface area contributed by atoms with Crippen molar-refractivity contribution in [2.45, 2.75) is 6.92 Å². The van der Waals surface area contributed by atoms with Gasteiger partial charge in [0.25, 0.3) is 11.6 Å². The van der Waals surface area contributed by atoms with E-state index in [2.05, 4.69) is 26.5 Å². The number of carbonyl (C=O) groups is 2. The fraction of sp³-hybridized carbons (Fsp3) is 0.125. The van der Waals surface area contributed by atoms with Gasteiger partial charge in [-0.2, -0.15) is 5.10 Å². The number of hydrogen-bond donors (Lipinski definition) is 1. The number of amides is 1. The summed E-state index contributed by atoms with van der Waals surface area (Å²) < 4.78 is 17.0. The van der Waals surface area contributed by atoms with Gasteiger partial charge in [0.1, 0.15) is 5.75 Å². The predicted molar refractivity (Wildman–Crippen MR) is 136 cm³/mol. The maximum Gasteiger partial charge on any atom is 0.343 e. The molecule has 1 amide bonds. The predicted octanol–water partition coefficient (Wildman–Crippen LogP) is 5.16. The van der Waals surface area contributed by atoms with E-state index >= 15 is 0 Å². The summed E-state index contributed by atoms with van der Waals surface area (Å²) in [6, 6.07) is 14.7. The third kappa shape index (κ3) is 7.52. The van der Waals surface area contributed by atoms with Crippen LogP contribution in [0.3, 0.4) is 0 Å². The molecular weight excluding hydrogens is 558 g/mol. The van der Waals surface area contributed by atoms with E-state index in [0.29, 0.717) is 27.4 Å². The molecule has 1 N–H and O–H groups in total. The van der Waals surface area contributed by atoms with E-state index in [0.717, 1.165) is 0 Å². The van der Waals surface area contributed by atoms with Crippen LogP contribution in [-0.2, 0) is 4.79 Å². The number of nitrogens with zero attached hydrogens (tertiary/aromatic N) is 2. The molecule has 0 aliphatic carbocycles. The topological polar surface area (TPSA) is 129 Å². The zero-order valence-electron chi connectivity index (χ0n) is 18.8.